The quantitative estimate of drug-likeness (QED) is 0.538. The molecule has 0 aliphatic heterocycles. The van der Waals surface area contributed by atoms with Crippen molar-refractivity contribution < 1.29 is 4.74 Å². The predicted octanol–water partition coefficient (Wildman–Crippen LogP) is 2.04. The molecule has 0 rings (SSSR count). The minimum absolute atomic E-state index is 0.331. The zero-order chi connectivity index (χ0) is 6.41. The lowest BCUT2D eigenvalue weighted by Gasteiger charge is -2.07. The Kier molecular flexibility index (Phi) is 5.56. The van der Waals surface area contributed by atoms with Crippen molar-refractivity contribution in [3.8, 4) is 0 Å². The second-order valence-electron chi connectivity index (χ2n) is 1.74. The van der Waals surface area contributed by atoms with Crippen LogP contribution >= 0.6 is 11.6 Å². The summed E-state index contributed by atoms with van der Waals surface area (Å²) in [6, 6.07) is 0. The van der Waals surface area contributed by atoms with Crippen molar-refractivity contribution in [3.05, 3.63) is 0 Å². The second-order valence-corrected chi connectivity index (χ2v) is 2.12. The molecule has 8 heavy (non-hydrogen) atoms. The van der Waals surface area contributed by atoms with Gasteiger partial charge in [-0.1, -0.05) is 0 Å². The van der Waals surface area contributed by atoms with Crippen LogP contribution in [0.25, 0.3) is 0 Å². The monoisotopic (exact) mass is 136 g/mol. The van der Waals surface area contributed by atoms with Crippen molar-refractivity contribution in [3.63, 3.8) is 0 Å². The third-order valence-electron chi connectivity index (χ3n) is 0.967. The van der Waals surface area contributed by atoms with Gasteiger partial charge in [-0.15, -0.1) is 11.6 Å². The van der Waals surface area contributed by atoms with E-state index in [4.69, 9.17) is 16.3 Å². The highest BCUT2D eigenvalue weighted by molar-refractivity contribution is 6.17. The van der Waals surface area contributed by atoms with Gasteiger partial charge in [0, 0.05) is 12.5 Å². The fourth-order valence-corrected chi connectivity index (χ4v) is 0.829. The Hall–Kier alpha value is 0.250. The minimum Gasteiger partial charge on any atom is -0.379 e. The summed E-state index contributed by atoms with van der Waals surface area (Å²) in [4.78, 5) is 0. The van der Waals surface area contributed by atoms with Crippen LogP contribution < -0.4 is 0 Å². The Balaban J connectivity index is 2.92. The topological polar surface area (TPSA) is 9.23 Å². The highest BCUT2D eigenvalue weighted by Gasteiger charge is 1.96. The molecule has 0 bridgehead atoms. The third-order valence-corrected chi connectivity index (χ3v) is 1.19. The molecule has 2 heteroatoms. The first-order valence-corrected chi connectivity index (χ1v) is 3.52. The molecule has 0 saturated heterocycles. The molecule has 1 nitrogen and oxygen atoms in total. The first-order valence-electron chi connectivity index (χ1n) is 2.98. The van der Waals surface area contributed by atoms with E-state index in [0.29, 0.717) is 12.0 Å². The summed E-state index contributed by atoms with van der Waals surface area (Å²) in [6.45, 7) is 4.81. The number of hydrogen-bond acceptors (Lipinski definition) is 1. The van der Waals surface area contributed by atoms with Gasteiger partial charge >= 0.3 is 0 Å². The Morgan fingerprint density at radius 2 is 2.25 bits per heavy atom. The van der Waals surface area contributed by atoms with E-state index >= 15 is 0 Å². The van der Waals surface area contributed by atoms with E-state index in [1.165, 1.54) is 0 Å². The van der Waals surface area contributed by atoms with Crippen LogP contribution in [0.2, 0.25) is 0 Å². The van der Waals surface area contributed by atoms with Crippen LogP contribution in [0.1, 0.15) is 20.3 Å². The van der Waals surface area contributed by atoms with Gasteiger partial charge in [0.05, 0.1) is 6.10 Å². The molecule has 50 valence electrons. The summed E-state index contributed by atoms with van der Waals surface area (Å²) in [7, 11) is 0. The maximum absolute atomic E-state index is 5.45. The zero-order valence-electron chi connectivity index (χ0n) is 5.48. The van der Waals surface area contributed by atoms with E-state index < -0.39 is 0 Å². The minimum atomic E-state index is 0.331. The molecule has 0 aromatic rings. The van der Waals surface area contributed by atoms with Gasteiger partial charge in [-0.3, -0.25) is 0 Å². The van der Waals surface area contributed by atoms with Crippen LogP contribution in [0.3, 0.4) is 0 Å². The fourth-order valence-electron chi connectivity index (χ4n) is 0.522. The lowest BCUT2D eigenvalue weighted by molar-refractivity contribution is 0.0745. The van der Waals surface area contributed by atoms with Crippen LogP contribution in [0, 0.1) is 0 Å². The van der Waals surface area contributed by atoms with Gasteiger partial charge in [-0.2, -0.15) is 0 Å². The number of ether oxygens (including phenoxy) is 1. The first kappa shape index (κ1) is 8.25. The first-order chi connectivity index (χ1) is 3.81. The lowest BCUT2D eigenvalue weighted by Crippen LogP contribution is -2.07. The van der Waals surface area contributed by atoms with Crippen LogP contribution in [-0.2, 0) is 4.74 Å². The number of hydrogen-bond donors (Lipinski definition) is 0. The molecule has 0 aromatic carbocycles. The van der Waals surface area contributed by atoms with Gasteiger partial charge in [0.2, 0.25) is 0 Å². The van der Waals surface area contributed by atoms with Crippen molar-refractivity contribution >= 4 is 11.6 Å². The molecule has 1 unspecified atom stereocenters. The van der Waals surface area contributed by atoms with Crippen LogP contribution in [0.4, 0.5) is 0 Å². The van der Waals surface area contributed by atoms with Crippen molar-refractivity contribution in [1.82, 2.24) is 0 Å². The van der Waals surface area contributed by atoms with Crippen LogP contribution in [0.5, 0.6) is 0 Å². The standard InChI is InChI=1S/C6H13ClO/c1-3-8-6(2)4-5-7/h6H,3-5H2,1-2H3. The average Bonchev–Trinajstić information content (AvgIpc) is 1.68. The Morgan fingerprint density at radius 1 is 1.62 bits per heavy atom. The van der Waals surface area contributed by atoms with E-state index in [9.17, 15) is 0 Å². The molecular weight excluding hydrogens is 124 g/mol. The summed E-state index contributed by atoms with van der Waals surface area (Å²) in [5.74, 6) is 0.696. The van der Waals surface area contributed by atoms with Gasteiger partial charge in [0.1, 0.15) is 0 Å². The van der Waals surface area contributed by atoms with Gasteiger partial charge in [-0.25, -0.2) is 0 Å². The highest BCUT2D eigenvalue weighted by Crippen LogP contribution is 1.97. The van der Waals surface area contributed by atoms with Crippen molar-refractivity contribution in [2.24, 2.45) is 0 Å². The Labute approximate surface area is 56.0 Å². The van der Waals surface area contributed by atoms with E-state index in [1.54, 1.807) is 0 Å². The Bertz CT molecular complexity index is 41.8. The molecule has 0 aliphatic carbocycles. The van der Waals surface area contributed by atoms with Crippen molar-refractivity contribution in [1.29, 1.82) is 0 Å². The summed E-state index contributed by atoms with van der Waals surface area (Å²) < 4.78 is 5.20. The summed E-state index contributed by atoms with van der Waals surface area (Å²) >= 11 is 5.45. The van der Waals surface area contributed by atoms with Crippen molar-refractivity contribution in [2.45, 2.75) is 26.4 Å². The molecule has 0 saturated carbocycles. The molecule has 0 spiro atoms. The SMILES string of the molecule is CCOC(C)CCCl. The molecule has 0 amide bonds. The van der Waals surface area contributed by atoms with Crippen molar-refractivity contribution in [2.75, 3.05) is 12.5 Å². The Morgan fingerprint density at radius 3 is 2.62 bits per heavy atom. The number of alkyl halides is 1. The third kappa shape index (κ3) is 4.41. The number of rotatable bonds is 4. The molecule has 0 radical (unpaired) electrons. The molecular formula is C6H13ClO. The van der Waals surface area contributed by atoms with Crippen LogP contribution in [-0.4, -0.2) is 18.6 Å². The molecule has 0 aliphatic rings. The summed E-state index contributed by atoms with van der Waals surface area (Å²) in [5, 5.41) is 0. The highest BCUT2D eigenvalue weighted by atomic mass is 35.5. The normalized spacial score (nSPS) is 13.9. The zero-order valence-corrected chi connectivity index (χ0v) is 6.24. The van der Waals surface area contributed by atoms with Gasteiger partial charge in [0.15, 0.2) is 0 Å². The predicted molar refractivity (Wildman–Crippen MR) is 36.4 cm³/mol. The largest absolute Gasteiger partial charge is 0.379 e. The van der Waals surface area contributed by atoms with E-state index in [-0.39, 0.29) is 0 Å². The number of halogens is 1. The summed E-state index contributed by atoms with van der Waals surface area (Å²) in [5.41, 5.74) is 0. The van der Waals surface area contributed by atoms with E-state index in [0.717, 1.165) is 13.0 Å². The molecule has 0 aromatic heterocycles. The maximum atomic E-state index is 5.45. The van der Waals surface area contributed by atoms with Gasteiger partial charge in [-0.05, 0) is 20.3 Å². The fraction of sp³-hybridized carbons (Fsp3) is 1.00. The second kappa shape index (κ2) is 5.39. The molecule has 1 atom stereocenters. The van der Waals surface area contributed by atoms with Gasteiger partial charge in [0.25, 0.3) is 0 Å². The van der Waals surface area contributed by atoms with Crippen LogP contribution in [0.15, 0.2) is 0 Å². The molecule has 0 fully saturated rings. The van der Waals surface area contributed by atoms with E-state index in [2.05, 4.69) is 0 Å². The average molecular weight is 137 g/mol. The summed E-state index contributed by atoms with van der Waals surface area (Å²) in [6.07, 6.45) is 1.28. The maximum Gasteiger partial charge on any atom is 0.0558 e. The van der Waals surface area contributed by atoms with E-state index in [1.807, 2.05) is 13.8 Å². The van der Waals surface area contributed by atoms with Gasteiger partial charge < -0.3 is 4.74 Å². The smallest absolute Gasteiger partial charge is 0.0558 e. The lowest BCUT2D eigenvalue weighted by atomic mass is 10.3. The molecule has 0 N–H and O–H groups in total. The molecule has 0 heterocycles.